The van der Waals surface area contributed by atoms with Gasteiger partial charge in [-0.25, -0.2) is 4.39 Å². The minimum atomic E-state index is -0.384. The Bertz CT molecular complexity index is 539. The second-order valence-electron chi connectivity index (χ2n) is 7.14. The highest BCUT2D eigenvalue weighted by Crippen LogP contribution is 2.52. The van der Waals surface area contributed by atoms with Crippen molar-refractivity contribution in [2.75, 3.05) is 0 Å². The van der Waals surface area contributed by atoms with Crippen molar-refractivity contribution in [3.8, 4) is 6.07 Å². The van der Waals surface area contributed by atoms with Gasteiger partial charge >= 0.3 is 0 Å². The van der Waals surface area contributed by atoms with E-state index in [9.17, 15) is 9.65 Å². The number of rotatable bonds is 1. The highest BCUT2D eigenvalue weighted by molar-refractivity contribution is 6.75. The third-order valence-electron chi connectivity index (χ3n) is 5.28. The molecule has 0 radical (unpaired) electrons. The summed E-state index contributed by atoms with van der Waals surface area (Å²) in [7, 11) is 0. The van der Waals surface area contributed by atoms with E-state index in [4.69, 9.17) is 0 Å². The minimum absolute atomic E-state index is 0.211. The van der Waals surface area contributed by atoms with E-state index in [1.54, 1.807) is 6.07 Å². The predicted octanol–water partition coefficient (Wildman–Crippen LogP) is 3.77. The van der Waals surface area contributed by atoms with Crippen molar-refractivity contribution in [3.63, 3.8) is 0 Å². The number of hydrogen-bond donors (Lipinski definition) is 0. The van der Waals surface area contributed by atoms with Crippen molar-refractivity contribution >= 4 is 12.2 Å². The van der Waals surface area contributed by atoms with Crippen LogP contribution in [0.4, 0.5) is 4.39 Å². The summed E-state index contributed by atoms with van der Waals surface area (Å²) in [5, 5.41) is 9.25. The normalized spacial score (nSPS) is 20.4. The summed E-state index contributed by atoms with van der Waals surface area (Å²) in [6, 6.07) is 5.26. The SMILES string of the molecule is Cc1ccc(F)c(C#N)c1B1CC(C)(C)C(C)(C)C1. The summed E-state index contributed by atoms with van der Waals surface area (Å²) in [4.78, 5) is 0. The monoisotopic (exact) mass is 257 g/mol. The number of benzene rings is 1. The molecule has 0 spiro atoms. The zero-order valence-electron chi connectivity index (χ0n) is 12.5. The van der Waals surface area contributed by atoms with Crippen LogP contribution >= 0.6 is 0 Å². The van der Waals surface area contributed by atoms with Crippen molar-refractivity contribution < 1.29 is 4.39 Å². The maximum Gasteiger partial charge on any atom is 0.179 e. The molecule has 1 aliphatic rings. The number of halogens is 1. The lowest BCUT2D eigenvalue weighted by Crippen LogP contribution is -2.33. The second kappa shape index (κ2) is 4.37. The van der Waals surface area contributed by atoms with Gasteiger partial charge in [-0.15, -0.1) is 0 Å². The van der Waals surface area contributed by atoms with Gasteiger partial charge in [0.25, 0.3) is 0 Å². The zero-order valence-corrected chi connectivity index (χ0v) is 12.5. The van der Waals surface area contributed by atoms with Crippen LogP contribution < -0.4 is 5.46 Å². The van der Waals surface area contributed by atoms with E-state index in [2.05, 4.69) is 33.8 Å². The van der Waals surface area contributed by atoms with Crippen molar-refractivity contribution in [2.24, 2.45) is 10.8 Å². The molecule has 100 valence electrons. The number of aryl methyl sites for hydroxylation is 1. The first-order valence-electron chi connectivity index (χ1n) is 6.89. The molecular weight excluding hydrogens is 236 g/mol. The van der Waals surface area contributed by atoms with Gasteiger partial charge in [-0.05, 0) is 23.8 Å². The maximum atomic E-state index is 13.8. The van der Waals surface area contributed by atoms with Crippen molar-refractivity contribution in [3.05, 3.63) is 29.1 Å². The van der Waals surface area contributed by atoms with Crippen LogP contribution in [0.25, 0.3) is 0 Å². The first-order valence-corrected chi connectivity index (χ1v) is 6.89. The molecule has 1 heterocycles. The van der Waals surface area contributed by atoms with E-state index in [-0.39, 0.29) is 28.9 Å². The molecule has 0 saturated carbocycles. The van der Waals surface area contributed by atoms with Gasteiger partial charge in [0.1, 0.15) is 11.9 Å². The van der Waals surface area contributed by atoms with Crippen molar-refractivity contribution in [2.45, 2.75) is 47.3 Å². The Kier molecular flexibility index (Phi) is 3.25. The fourth-order valence-electron chi connectivity index (χ4n) is 3.40. The Hall–Kier alpha value is -1.30. The first-order chi connectivity index (χ1) is 8.69. The Morgan fingerprint density at radius 1 is 1.16 bits per heavy atom. The molecular formula is C16H21BFN. The largest absolute Gasteiger partial charge is 0.206 e. The van der Waals surface area contributed by atoms with Gasteiger partial charge in [-0.1, -0.05) is 57.4 Å². The highest BCUT2D eigenvalue weighted by atomic mass is 19.1. The van der Waals surface area contributed by atoms with Gasteiger partial charge in [0.2, 0.25) is 0 Å². The molecule has 1 aliphatic heterocycles. The average Bonchev–Trinajstić information content (AvgIpc) is 2.50. The lowest BCUT2D eigenvalue weighted by atomic mass is 9.40. The Morgan fingerprint density at radius 2 is 1.68 bits per heavy atom. The fraction of sp³-hybridized carbons (Fsp3) is 0.562. The van der Waals surface area contributed by atoms with Crippen LogP contribution in [-0.2, 0) is 0 Å². The molecule has 1 aromatic rings. The van der Waals surface area contributed by atoms with Gasteiger partial charge in [0, 0.05) is 0 Å². The molecule has 0 aromatic heterocycles. The van der Waals surface area contributed by atoms with E-state index in [0.717, 1.165) is 23.7 Å². The summed E-state index contributed by atoms with van der Waals surface area (Å²) < 4.78 is 13.8. The zero-order chi connectivity index (χ0) is 14.4. The number of nitriles is 1. The predicted molar refractivity (Wildman–Crippen MR) is 78.4 cm³/mol. The topological polar surface area (TPSA) is 23.8 Å². The van der Waals surface area contributed by atoms with Gasteiger partial charge in [0.15, 0.2) is 6.71 Å². The van der Waals surface area contributed by atoms with Gasteiger partial charge < -0.3 is 0 Å². The molecule has 0 aliphatic carbocycles. The van der Waals surface area contributed by atoms with Crippen LogP contribution in [0.5, 0.6) is 0 Å². The number of hydrogen-bond acceptors (Lipinski definition) is 1. The molecule has 19 heavy (non-hydrogen) atoms. The van der Waals surface area contributed by atoms with Crippen molar-refractivity contribution in [1.29, 1.82) is 5.26 Å². The van der Waals surface area contributed by atoms with E-state index in [1.807, 2.05) is 6.92 Å². The van der Waals surface area contributed by atoms with Crippen molar-refractivity contribution in [1.82, 2.24) is 0 Å². The van der Waals surface area contributed by atoms with Gasteiger partial charge in [-0.2, -0.15) is 5.26 Å². The molecule has 0 N–H and O–H groups in total. The maximum absolute atomic E-state index is 13.8. The van der Waals surface area contributed by atoms with Crippen LogP contribution in [0.2, 0.25) is 12.6 Å². The molecule has 1 fully saturated rings. The lowest BCUT2D eigenvalue weighted by molar-refractivity contribution is 0.177. The van der Waals surface area contributed by atoms with Crippen LogP contribution in [0, 0.1) is 34.9 Å². The van der Waals surface area contributed by atoms with Gasteiger partial charge in [0.05, 0.1) is 5.56 Å². The first kappa shape index (κ1) is 14.1. The van der Waals surface area contributed by atoms with Crippen LogP contribution in [0.3, 0.4) is 0 Å². The summed E-state index contributed by atoms with van der Waals surface area (Å²) in [5.74, 6) is -0.384. The highest BCUT2D eigenvalue weighted by Gasteiger charge is 2.49. The average molecular weight is 257 g/mol. The van der Waals surface area contributed by atoms with Crippen LogP contribution in [0.15, 0.2) is 12.1 Å². The van der Waals surface area contributed by atoms with E-state index in [1.165, 1.54) is 6.07 Å². The molecule has 1 nitrogen and oxygen atoms in total. The third-order valence-corrected chi connectivity index (χ3v) is 5.28. The third kappa shape index (κ3) is 2.18. The molecule has 1 aromatic carbocycles. The Labute approximate surface area is 115 Å². The van der Waals surface area contributed by atoms with E-state index >= 15 is 0 Å². The quantitative estimate of drug-likeness (QED) is 0.702. The summed E-state index contributed by atoms with van der Waals surface area (Å²) in [5.41, 5.74) is 2.64. The van der Waals surface area contributed by atoms with Crippen LogP contribution in [0.1, 0.15) is 38.8 Å². The molecule has 0 atom stereocenters. The van der Waals surface area contributed by atoms with Gasteiger partial charge in [-0.3, -0.25) is 0 Å². The van der Waals surface area contributed by atoms with Crippen LogP contribution in [-0.4, -0.2) is 6.71 Å². The summed E-state index contributed by atoms with van der Waals surface area (Å²) in [6.07, 6.45) is 2.03. The lowest BCUT2D eigenvalue weighted by Gasteiger charge is -2.35. The molecule has 0 bridgehead atoms. The van der Waals surface area contributed by atoms with E-state index < -0.39 is 0 Å². The summed E-state index contributed by atoms with van der Waals surface area (Å²) >= 11 is 0. The Morgan fingerprint density at radius 3 is 2.16 bits per heavy atom. The number of nitrogens with zero attached hydrogens (tertiary/aromatic N) is 1. The molecule has 0 unspecified atom stereocenters. The second-order valence-corrected chi connectivity index (χ2v) is 7.14. The van der Waals surface area contributed by atoms with E-state index in [0.29, 0.717) is 0 Å². The molecule has 0 amide bonds. The summed E-state index contributed by atoms with van der Waals surface area (Å²) in [6.45, 7) is 11.4. The molecule has 2 rings (SSSR count). The minimum Gasteiger partial charge on any atom is -0.206 e. The molecule has 3 heteroatoms. The Balaban J connectivity index is 2.52. The molecule has 1 saturated heterocycles. The smallest absolute Gasteiger partial charge is 0.179 e. The standard InChI is InChI=1S/C16H21BFN/c1-11-6-7-13(18)12(8-19)14(11)17-9-15(2,3)16(4,5)10-17/h6-7H,9-10H2,1-5H3. The fourth-order valence-corrected chi connectivity index (χ4v) is 3.40.